The van der Waals surface area contributed by atoms with Crippen molar-refractivity contribution >= 4 is 23.2 Å². The molecule has 0 unspecified atom stereocenters. The van der Waals surface area contributed by atoms with E-state index in [9.17, 15) is 14.0 Å². The summed E-state index contributed by atoms with van der Waals surface area (Å²) in [5.41, 5.74) is 2.24. The van der Waals surface area contributed by atoms with Gasteiger partial charge in [-0.3, -0.25) is 9.59 Å². The lowest BCUT2D eigenvalue weighted by molar-refractivity contribution is -0.114. The molecule has 0 aliphatic carbocycles. The molecular formula is C19H20FN3O2. The van der Waals surface area contributed by atoms with Crippen LogP contribution >= 0.6 is 0 Å². The molecule has 2 aromatic rings. The van der Waals surface area contributed by atoms with Gasteiger partial charge < -0.3 is 15.1 Å². The van der Waals surface area contributed by atoms with Gasteiger partial charge in [0.15, 0.2) is 0 Å². The Morgan fingerprint density at radius 2 is 1.52 bits per heavy atom. The molecule has 0 radical (unpaired) electrons. The number of hydrogen-bond acceptors (Lipinski definition) is 3. The van der Waals surface area contributed by atoms with Crippen LogP contribution in [0.3, 0.4) is 0 Å². The number of carbonyl (C=O) groups excluding carboxylic acids is 2. The van der Waals surface area contributed by atoms with Crippen LogP contribution in [-0.4, -0.2) is 42.9 Å². The van der Waals surface area contributed by atoms with E-state index in [0.29, 0.717) is 37.4 Å². The van der Waals surface area contributed by atoms with Crippen LogP contribution in [0.15, 0.2) is 48.5 Å². The van der Waals surface area contributed by atoms with E-state index in [0.717, 1.165) is 5.69 Å². The molecule has 3 rings (SSSR count). The highest BCUT2D eigenvalue weighted by Gasteiger charge is 2.22. The van der Waals surface area contributed by atoms with Gasteiger partial charge in [-0.15, -0.1) is 0 Å². The Balaban J connectivity index is 1.59. The van der Waals surface area contributed by atoms with Gasteiger partial charge in [-0.25, -0.2) is 4.39 Å². The van der Waals surface area contributed by atoms with Gasteiger partial charge >= 0.3 is 0 Å². The predicted molar refractivity (Wildman–Crippen MR) is 95.3 cm³/mol. The smallest absolute Gasteiger partial charge is 0.253 e. The van der Waals surface area contributed by atoms with Crippen molar-refractivity contribution in [2.24, 2.45) is 0 Å². The van der Waals surface area contributed by atoms with E-state index >= 15 is 0 Å². The average molecular weight is 341 g/mol. The summed E-state index contributed by atoms with van der Waals surface area (Å²) in [5, 5.41) is 2.68. The maximum Gasteiger partial charge on any atom is 0.253 e. The molecule has 1 aliphatic heterocycles. The molecule has 2 amide bonds. The second-order valence-electron chi connectivity index (χ2n) is 6.01. The van der Waals surface area contributed by atoms with Crippen molar-refractivity contribution in [2.45, 2.75) is 6.92 Å². The second-order valence-corrected chi connectivity index (χ2v) is 6.01. The van der Waals surface area contributed by atoms with Crippen LogP contribution in [0.1, 0.15) is 17.3 Å². The number of rotatable bonds is 3. The Morgan fingerprint density at radius 1 is 0.920 bits per heavy atom. The fourth-order valence-corrected chi connectivity index (χ4v) is 2.90. The van der Waals surface area contributed by atoms with E-state index in [1.807, 2.05) is 4.90 Å². The van der Waals surface area contributed by atoms with E-state index in [1.165, 1.54) is 19.1 Å². The van der Waals surface area contributed by atoms with Crippen LogP contribution in [0, 0.1) is 5.82 Å². The molecule has 2 aromatic carbocycles. The van der Waals surface area contributed by atoms with Crippen molar-refractivity contribution < 1.29 is 14.0 Å². The lowest BCUT2D eigenvalue weighted by atomic mass is 10.1. The van der Waals surface area contributed by atoms with Gasteiger partial charge in [-0.2, -0.15) is 0 Å². The zero-order valence-electron chi connectivity index (χ0n) is 14.0. The minimum Gasteiger partial charge on any atom is -0.368 e. The number of benzene rings is 2. The first-order chi connectivity index (χ1) is 12.0. The van der Waals surface area contributed by atoms with Crippen molar-refractivity contribution in [3.63, 3.8) is 0 Å². The van der Waals surface area contributed by atoms with Gasteiger partial charge in [0.25, 0.3) is 5.91 Å². The van der Waals surface area contributed by atoms with Crippen molar-refractivity contribution in [2.75, 3.05) is 36.4 Å². The number of halogens is 1. The van der Waals surface area contributed by atoms with Gasteiger partial charge in [0.1, 0.15) is 5.82 Å². The van der Waals surface area contributed by atoms with Crippen LogP contribution in [-0.2, 0) is 4.79 Å². The first-order valence-corrected chi connectivity index (χ1v) is 8.20. The summed E-state index contributed by atoms with van der Waals surface area (Å²) in [5.74, 6) is -0.413. The largest absolute Gasteiger partial charge is 0.368 e. The lowest BCUT2D eigenvalue weighted by Crippen LogP contribution is -2.48. The van der Waals surface area contributed by atoms with E-state index in [1.54, 1.807) is 36.4 Å². The number of hydrogen-bond donors (Lipinski definition) is 1. The Morgan fingerprint density at radius 3 is 2.08 bits per heavy atom. The fourth-order valence-electron chi connectivity index (χ4n) is 2.90. The Bertz CT molecular complexity index is 751. The summed E-state index contributed by atoms with van der Waals surface area (Å²) in [6.45, 7) is 4.09. The first-order valence-electron chi connectivity index (χ1n) is 8.20. The SMILES string of the molecule is CC(=O)Nc1ccc(C(=O)N2CCN(c3ccc(F)cc3)CC2)cc1. The standard InChI is InChI=1S/C19H20FN3O2/c1-14(24)21-17-6-2-15(3-7-17)19(25)23-12-10-22(11-13-23)18-8-4-16(20)5-9-18/h2-9H,10-13H2,1H3,(H,21,24). The van der Waals surface area contributed by atoms with Crippen molar-refractivity contribution in [3.05, 3.63) is 59.9 Å². The number of nitrogens with one attached hydrogen (secondary N) is 1. The molecule has 0 bridgehead atoms. The quantitative estimate of drug-likeness (QED) is 0.934. The zero-order chi connectivity index (χ0) is 17.8. The molecule has 0 aromatic heterocycles. The van der Waals surface area contributed by atoms with Crippen LogP contribution in [0.4, 0.5) is 15.8 Å². The van der Waals surface area contributed by atoms with Gasteiger partial charge in [-0.1, -0.05) is 0 Å². The number of amides is 2. The van der Waals surface area contributed by atoms with Crippen LogP contribution in [0.2, 0.25) is 0 Å². The van der Waals surface area contributed by atoms with Crippen LogP contribution in [0.5, 0.6) is 0 Å². The molecule has 1 aliphatic rings. The van der Waals surface area contributed by atoms with Crippen LogP contribution in [0.25, 0.3) is 0 Å². The minimum absolute atomic E-state index is 0.0202. The first kappa shape index (κ1) is 17.0. The third kappa shape index (κ3) is 4.15. The lowest BCUT2D eigenvalue weighted by Gasteiger charge is -2.36. The predicted octanol–water partition coefficient (Wildman–Crippen LogP) is 2.75. The zero-order valence-corrected chi connectivity index (χ0v) is 14.0. The molecule has 1 N–H and O–H groups in total. The molecule has 1 saturated heterocycles. The van der Waals surface area contributed by atoms with E-state index in [2.05, 4.69) is 10.2 Å². The molecule has 130 valence electrons. The average Bonchev–Trinajstić information content (AvgIpc) is 2.62. The van der Waals surface area contributed by atoms with Crippen molar-refractivity contribution in [3.8, 4) is 0 Å². The molecule has 6 heteroatoms. The van der Waals surface area contributed by atoms with E-state index in [4.69, 9.17) is 0 Å². The van der Waals surface area contributed by atoms with E-state index in [-0.39, 0.29) is 17.6 Å². The molecule has 0 saturated carbocycles. The molecule has 25 heavy (non-hydrogen) atoms. The maximum atomic E-state index is 13.0. The van der Waals surface area contributed by atoms with Gasteiger partial charge in [0.2, 0.25) is 5.91 Å². The second kappa shape index (κ2) is 7.34. The normalized spacial score (nSPS) is 14.3. The third-order valence-electron chi connectivity index (χ3n) is 4.21. The van der Waals surface area contributed by atoms with Crippen molar-refractivity contribution in [1.29, 1.82) is 0 Å². The van der Waals surface area contributed by atoms with Gasteiger partial charge in [-0.05, 0) is 48.5 Å². The summed E-state index contributed by atoms with van der Waals surface area (Å²) in [4.78, 5) is 27.6. The number of anilines is 2. The summed E-state index contributed by atoms with van der Waals surface area (Å²) < 4.78 is 13.0. The maximum absolute atomic E-state index is 13.0. The summed E-state index contributed by atoms with van der Waals surface area (Å²) >= 11 is 0. The minimum atomic E-state index is -0.250. The molecule has 0 spiro atoms. The van der Waals surface area contributed by atoms with Crippen LogP contribution < -0.4 is 10.2 Å². The Labute approximate surface area is 146 Å². The fraction of sp³-hybridized carbons (Fsp3) is 0.263. The van der Waals surface area contributed by atoms with Gasteiger partial charge in [0.05, 0.1) is 0 Å². The van der Waals surface area contributed by atoms with Crippen molar-refractivity contribution in [1.82, 2.24) is 4.90 Å². The number of piperazine rings is 1. The highest BCUT2D eigenvalue weighted by molar-refractivity contribution is 5.95. The highest BCUT2D eigenvalue weighted by Crippen LogP contribution is 2.18. The number of nitrogens with zero attached hydrogens (tertiary/aromatic N) is 2. The summed E-state index contributed by atoms with van der Waals surface area (Å²) in [6.07, 6.45) is 0. The third-order valence-corrected chi connectivity index (χ3v) is 4.21. The molecule has 0 atom stereocenters. The Hall–Kier alpha value is -2.89. The monoisotopic (exact) mass is 341 g/mol. The van der Waals surface area contributed by atoms with Gasteiger partial charge in [0, 0.05) is 50.0 Å². The van der Waals surface area contributed by atoms with E-state index < -0.39 is 0 Å². The molecule has 1 fully saturated rings. The molecule has 5 nitrogen and oxygen atoms in total. The topological polar surface area (TPSA) is 52.7 Å². The Kier molecular flexibility index (Phi) is 4.97. The molecular weight excluding hydrogens is 321 g/mol. The summed E-state index contributed by atoms with van der Waals surface area (Å²) in [7, 11) is 0. The highest BCUT2D eigenvalue weighted by atomic mass is 19.1. The summed E-state index contributed by atoms with van der Waals surface area (Å²) in [6, 6.07) is 13.3. The number of carbonyl (C=O) groups is 2. The molecule has 1 heterocycles.